The van der Waals surface area contributed by atoms with Crippen molar-refractivity contribution in [1.29, 1.82) is 0 Å². The second kappa shape index (κ2) is 7.54. The van der Waals surface area contributed by atoms with Crippen LogP contribution in [0.15, 0.2) is 24.3 Å². The lowest BCUT2D eigenvalue weighted by Gasteiger charge is -2.35. The third kappa shape index (κ3) is 4.38. The number of nitrogens with zero attached hydrogens (tertiary/aromatic N) is 4. The van der Waals surface area contributed by atoms with E-state index in [1.54, 1.807) is 10.7 Å². The van der Waals surface area contributed by atoms with Crippen LogP contribution in [0.25, 0.3) is 0 Å². The Balaban J connectivity index is 1.53. The molecule has 0 N–H and O–H groups in total. The van der Waals surface area contributed by atoms with Gasteiger partial charge in [0, 0.05) is 43.4 Å². The molecule has 3 rings (SSSR count). The summed E-state index contributed by atoms with van der Waals surface area (Å²) in [4.78, 5) is 16.6. The molecule has 0 radical (unpaired) electrons. The van der Waals surface area contributed by atoms with Crippen LogP contribution in [-0.4, -0.2) is 51.7 Å². The van der Waals surface area contributed by atoms with Gasteiger partial charge in [-0.3, -0.25) is 14.4 Å². The minimum atomic E-state index is -0.326. The number of hydrogen-bond donors (Lipinski definition) is 0. The second-order valence-electron chi connectivity index (χ2n) is 6.48. The Morgan fingerprint density at radius 1 is 1.20 bits per heavy atom. The molecule has 0 atom stereocenters. The van der Waals surface area contributed by atoms with Crippen molar-refractivity contribution in [3.8, 4) is 0 Å². The summed E-state index contributed by atoms with van der Waals surface area (Å²) < 4.78 is 14.9. The Morgan fingerprint density at radius 3 is 2.52 bits per heavy atom. The van der Waals surface area contributed by atoms with Gasteiger partial charge in [0.2, 0.25) is 5.91 Å². The first-order valence-electron chi connectivity index (χ1n) is 8.37. The molecular formula is C18H22ClFN4O. The van der Waals surface area contributed by atoms with Gasteiger partial charge in [-0.15, -0.1) is 0 Å². The molecule has 0 aliphatic carbocycles. The molecule has 1 aromatic carbocycles. The molecule has 2 heterocycles. The average Bonchev–Trinajstić information content (AvgIpc) is 2.88. The van der Waals surface area contributed by atoms with E-state index >= 15 is 0 Å². The molecular weight excluding hydrogens is 343 g/mol. The van der Waals surface area contributed by atoms with E-state index in [-0.39, 0.29) is 18.3 Å². The van der Waals surface area contributed by atoms with E-state index in [1.165, 1.54) is 12.1 Å². The molecule has 1 aromatic heterocycles. The van der Waals surface area contributed by atoms with Gasteiger partial charge in [-0.05, 0) is 37.6 Å². The van der Waals surface area contributed by atoms with Gasteiger partial charge in [0.25, 0.3) is 0 Å². The summed E-state index contributed by atoms with van der Waals surface area (Å²) in [6.07, 6.45) is 0. The fourth-order valence-electron chi connectivity index (χ4n) is 3.11. The predicted molar refractivity (Wildman–Crippen MR) is 95.0 cm³/mol. The highest BCUT2D eigenvalue weighted by Crippen LogP contribution is 2.19. The number of aryl methyl sites for hydroxylation is 2. The highest BCUT2D eigenvalue weighted by molar-refractivity contribution is 6.31. The Hall–Kier alpha value is -1.92. The maximum absolute atomic E-state index is 13.1. The number of halogens is 2. The SMILES string of the molecule is Cc1cc(C)n(CC(=O)N2CCN(Cc3ccc(F)cc3Cl)CC2)n1. The third-order valence-electron chi connectivity index (χ3n) is 4.52. The molecule has 5 nitrogen and oxygen atoms in total. The number of hydrogen-bond acceptors (Lipinski definition) is 3. The Kier molecular flexibility index (Phi) is 5.39. The minimum Gasteiger partial charge on any atom is -0.339 e. The number of carbonyl (C=O) groups excluding carboxylic acids is 1. The van der Waals surface area contributed by atoms with Crippen LogP contribution in [0.2, 0.25) is 5.02 Å². The van der Waals surface area contributed by atoms with Crippen LogP contribution in [0.5, 0.6) is 0 Å². The molecule has 1 saturated heterocycles. The zero-order valence-corrected chi connectivity index (χ0v) is 15.3. The van der Waals surface area contributed by atoms with Crippen LogP contribution >= 0.6 is 11.6 Å². The smallest absolute Gasteiger partial charge is 0.244 e. The molecule has 1 aliphatic rings. The maximum atomic E-state index is 13.1. The van der Waals surface area contributed by atoms with Crippen molar-refractivity contribution in [1.82, 2.24) is 19.6 Å². The van der Waals surface area contributed by atoms with Crippen molar-refractivity contribution < 1.29 is 9.18 Å². The summed E-state index contributed by atoms with van der Waals surface area (Å²) in [5.74, 6) is -0.237. The largest absolute Gasteiger partial charge is 0.339 e. The lowest BCUT2D eigenvalue weighted by molar-refractivity contribution is -0.133. The summed E-state index contributed by atoms with van der Waals surface area (Å²) >= 11 is 6.09. The van der Waals surface area contributed by atoms with Crippen molar-refractivity contribution in [2.45, 2.75) is 26.9 Å². The minimum absolute atomic E-state index is 0.0886. The quantitative estimate of drug-likeness (QED) is 0.837. The fourth-order valence-corrected chi connectivity index (χ4v) is 3.34. The van der Waals surface area contributed by atoms with E-state index < -0.39 is 0 Å². The molecule has 1 amide bonds. The monoisotopic (exact) mass is 364 g/mol. The zero-order chi connectivity index (χ0) is 18.0. The van der Waals surface area contributed by atoms with E-state index in [2.05, 4.69) is 10.00 Å². The summed E-state index contributed by atoms with van der Waals surface area (Å²) in [6, 6.07) is 6.45. The predicted octanol–water partition coefficient (Wildman–Crippen LogP) is 2.64. The van der Waals surface area contributed by atoms with E-state index in [0.29, 0.717) is 24.7 Å². The molecule has 25 heavy (non-hydrogen) atoms. The normalized spacial score (nSPS) is 15.6. The molecule has 2 aromatic rings. The number of amides is 1. The average molecular weight is 365 g/mol. The van der Waals surface area contributed by atoms with Crippen molar-refractivity contribution in [3.63, 3.8) is 0 Å². The Morgan fingerprint density at radius 2 is 1.92 bits per heavy atom. The van der Waals surface area contributed by atoms with Crippen LogP contribution in [0, 0.1) is 19.7 Å². The molecule has 0 spiro atoms. The summed E-state index contributed by atoms with van der Waals surface area (Å²) in [5, 5.41) is 4.79. The lowest BCUT2D eigenvalue weighted by Crippen LogP contribution is -2.49. The van der Waals surface area contributed by atoms with Gasteiger partial charge in [-0.2, -0.15) is 5.10 Å². The van der Waals surface area contributed by atoms with Crippen molar-refractivity contribution >= 4 is 17.5 Å². The van der Waals surface area contributed by atoms with E-state index in [0.717, 1.165) is 30.0 Å². The van der Waals surface area contributed by atoms with Crippen molar-refractivity contribution in [3.05, 3.63) is 52.1 Å². The molecule has 0 unspecified atom stereocenters. The van der Waals surface area contributed by atoms with Gasteiger partial charge in [0.15, 0.2) is 0 Å². The second-order valence-corrected chi connectivity index (χ2v) is 6.88. The number of carbonyl (C=O) groups is 1. The highest BCUT2D eigenvalue weighted by atomic mass is 35.5. The molecule has 0 saturated carbocycles. The first kappa shape index (κ1) is 17.9. The fraction of sp³-hybridized carbons (Fsp3) is 0.444. The lowest BCUT2D eigenvalue weighted by atomic mass is 10.2. The van der Waals surface area contributed by atoms with E-state index in [9.17, 15) is 9.18 Å². The van der Waals surface area contributed by atoms with Gasteiger partial charge in [0.1, 0.15) is 12.4 Å². The summed E-state index contributed by atoms with van der Waals surface area (Å²) in [5.41, 5.74) is 2.83. The number of rotatable bonds is 4. The van der Waals surface area contributed by atoms with Crippen molar-refractivity contribution in [2.75, 3.05) is 26.2 Å². The van der Waals surface area contributed by atoms with E-state index in [4.69, 9.17) is 11.6 Å². The maximum Gasteiger partial charge on any atom is 0.244 e. The first-order valence-corrected chi connectivity index (χ1v) is 8.75. The molecule has 1 aliphatic heterocycles. The van der Waals surface area contributed by atoms with E-state index in [1.807, 2.05) is 24.8 Å². The van der Waals surface area contributed by atoms with Crippen LogP contribution in [-0.2, 0) is 17.9 Å². The van der Waals surface area contributed by atoms with Gasteiger partial charge in [-0.25, -0.2) is 4.39 Å². The molecule has 0 bridgehead atoms. The third-order valence-corrected chi connectivity index (χ3v) is 4.87. The van der Waals surface area contributed by atoms with Crippen LogP contribution in [0.3, 0.4) is 0 Å². The van der Waals surface area contributed by atoms with Crippen LogP contribution in [0.1, 0.15) is 17.0 Å². The number of benzene rings is 1. The summed E-state index contributed by atoms with van der Waals surface area (Å²) in [6.45, 7) is 7.73. The topological polar surface area (TPSA) is 41.4 Å². The first-order chi connectivity index (χ1) is 11.9. The van der Waals surface area contributed by atoms with Crippen LogP contribution in [0.4, 0.5) is 4.39 Å². The van der Waals surface area contributed by atoms with Gasteiger partial charge in [-0.1, -0.05) is 17.7 Å². The standard InChI is InChI=1S/C18H22ClFN4O/c1-13-9-14(2)24(21-13)12-18(25)23-7-5-22(6-8-23)11-15-3-4-16(20)10-17(15)19/h3-4,9-10H,5-8,11-12H2,1-2H3. The molecule has 134 valence electrons. The summed E-state index contributed by atoms with van der Waals surface area (Å²) in [7, 11) is 0. The van der Waals surface area contributed by atoms with Crippen LogP contribution < -0.4 is 0 Å². The Labute approximate surface area is 152 Å². The van der Waals surface area contributed by atoms with Gasteiger partial charge < -0.3 is 4.90 Å². The van der Waals surface area contributed by atoms with Gasteiger partial charge >= 0.3 is 0 Å². The highest BCUT2D eigenvalue weighted by Gasteiger charge is 2.22. The zero-order valence-electron chi connectivity index (χ0n) is 14.5. The number of aromatic nitrogens is 2. The molecule has 1 fully saturated rings. The van der Waals surface area contributed by atoms with Gasteiger partial charge in [0.05, 0.1) is 5.69 Å². The number of piperazine rings is 1. The molecule has 7 heteroatoms. The Bertz CT molecular complexity index is 768. The van der Waals surface area contributed by atoms with Crippen molar-refractivity contribution in [2.24, 2.45) is 0 Å².